The first-order valence-electron chi connectivity index (χ1n) is 8.10. The first-order valence-corrected chi connectivity index (χ1v) is 8.10. The number of hydrogen-bond acceptors (Lipinski definition) is 3. The second kappa shape index (κ2) is 6.78. The Kier molecular flexibility index (Phi) is 4.70. The van der Waals surface area contributed by atoms with Crippen LogP contribution in [0.3, 0.4) is 0 Å². The van der Waals surface area contributed by atoms with Gasteiger partial charge in [-0.2, -0.15) is 13.2 Å². The highest BCUT2D eigenvalue weighted by atomic mass is 19.4. The summed E-state index contributed by atoms with van der Waals surface area (Å²) in [5.74, 6) is -0.389. The van der Waals surface area contributed by atoms with E-state index in [1.165, 1.54) is 12.1 Å². The molecule has 1 aliphatic rings. The van der Waals surface area contributed by atoms with Crippen molar-refractivity contribution in [1.82, 2.24) is 0 Å². The van der Waals surface area contributed by atoms with Crippen LogP contribution in [-0.2, 0) is 17.3 Å². The van der Waals surface area contributed by atoms with Crippen LogP contribution in [0.15, 0.2) is 42.5 Å². The van der Waals surface area contributed by atoms with Gasteiger partial charge in [-0.1, -0.05) is 18.2 Å². The minimum atomic E-state index is -4.34. The van der Waals surface area contributed by atoms with Crippen LogP contribution in [0.5, 0.6) is 0 Å². The Morgan fingerprint density at radius 3 is 2.56 bits per heavy atom. The van der Waals surface area contributed by atoms with Crippen LogP contribution in [0, 0.1) is 0 Å². The zero-order valence-corrected chi connectivity index (χ0v) is 13.7. The molecule has 3 rings (SSSR count). The van der Waals surface area contributed by atoms with E-state index in [4.69, 9.17) is 4.74 Å². The van der Waals surface area contributed by atoms with Gasteiger partial charge in [0.15, 0.2) is 0 Å². The molecule has 0 aromatic heterocycles. The largest absolute Gasteiger partial charge is 0.462 e. The average molecular weight is 349 g/mol. The molecule has 0 fully saturated rings. The summed E-state index contributed by atoms with van der Waals surface area (Å²) in [6, 6.07) is 10.6. The lowest BCUT2D eigenvalue weighted by Gasteiger charge is -2.28. The van der Waals surface area contributed by atoms with E-state index in [9.17, 15) is 18.0 Å². The van der Waals surface area contributed by atoms with E-state index in [1.807, 2.05) is 6.07 Å². The molecule has 0 saturated carbocycles. The van der Waals surface area contributed by atoms with Gasteiger partial charge in [-0.3, -0.25) is 0 Å². The molecule has 0 spiro atoms. The van der Waals surface area contributed by atoms with Gasteiger partial charge in [0.25, 0.3) is 0 Å². The molecule has 2 aromatic rings. The fourth-order valence-electron chi connectivity index (χ4n) is 3.10. The van der Waals surface area contributed by atoms with E-state index in [2.05, 4.69) is 5.32 Å². The van der Waals surface area contributed by atoms with Crippen molar-refractivity contribution in [1.29, 1.82) is 0 Å². The van der Waals surface area contributed by atoms with Gasteiger partial charge in [0, 0.05) is 18.2 Å². The molecule has 1 aliphatic heterocycles. The maximum Gasteiger partial charge on any atom is 0.416 e. The molecule has 3 nitrogen and oxygen atoms in total. The Balaban J connectivity index is 1.86. The molecule has 25 heavy (non-hydrogen) atoms. The van der Waals surface area contributed by atoms with Crippen molar-refractivity contribution >= 4 is 11.7 Å². The molecule has 1 unspecified atom stereocenters. The van der Waals surface area contributed by atoms with Crippen molar-refractivity contribution in [2.75, 3.05) is 18.5 Å². The molecule has 0 saturated heterocycles. The second-order valence-corrected chi connectivity index (χ2v) is 5.95. The summed E-state index contributed by atoms with van der Waals surface area (Å²) in [6.07, 6.45) is -3.77. The summed E-state index contributed by atoms with van der Waals surface area (Å²) in [7, 11) is 0. The molecule has 2 aromatic carbocycles. The lowest BCUT2D eigenvalue weighted by Crippen LogP contribution is -2.24. The monoisotopic (exact) mass is 349 g/mol. The molecule has 0 bridgehead atoms. The second-order valence-electron chi connectivity index (χ2n) is 5.95. The summed E-state index contributed by atoms with van der Waals surface area (Å²) in [4.78, 5) is 12.1. The van der Waals surface area contributed by atoms with Gasteiger partial charge in [-0.25, -0.2) is 4.79 Å². The Morgan fingerprint density at radius 2 is 1.92 bits per heavy atom. The van der Waals surface area contributed by atoms with Crippen LogP contribution < -0.4 is 5.32 Å². The fourth-order valence-corrected chi connectivity index (χ4v) is 3.10. The van der Waals surface area contributed by atoms with Crippen molar-refractivity contribution < 1.29 is 22.7 Å². The number of nitrogens with one attached hydrogen (secondary N) is 1. The third-order valence-electron chi connectivity index (χ3n) is 4.37. The van der Waals surface area contributed by atoms with Crippen LogP contribution in [0.2, 0.25) is 0 Å². The number of hydrogen-bond donors (Lipinski definition) is 1. The van der Waals surface area contributed by atoms with Gasteiger partial charge in [0.1, 0.15) is 0 Å². The highest BCUT2D eigenvalue weighted by Gasteiger charge is 2.31. The highest BCUT2D eigenvalue weighted by molar-refractivity contribution is 5.93. The van der Waals surface area contributed by atoms with Gasteiger partial charge >= 0.3 is 12.1 Å². The topological polar surface area (TPSA) is 38.3 Å². The lowest BCUT2D eigenvalue weighted by atomic mass is 9.86. The number of benzene rings is 2. The third kappa shape index (κ3) is 3.62. The molecule has 6 heteroatoms. The number of rotatable bonds is 3. The number of alkyl halides is 3. The maximum absolute atomic E-state index is 12.7. The van der Waals surface area contributed by atoms with Gasteiger partial charge in [0.2, 0.25) is 0 Å². The zero-order valence-electron chi connectivity index (χ0n) is 13.7. The molecule has 1 atom stereocenters. The van der Waals surface area contributed by atoms with Crippen LogP contribution in [0.25, 0.3) is 0 Å². The molecular weight excluding hydrogens is 331 g/mol. The summed E-state index contributed by atoms with van der Waals surface area (Å²) in [5.41, 5.74) is 2.37. The smallest absolute Gasteiger partial charge is 0.416 e. The average Bonchev–Trinajstić information content (AvgIpc) is 2.60. The molecule has 0 amide bonds. The van der Waals surface area contributed by atoms with E-state index in [0.29, 0.717) is 18.5 Å². The number of anilines is 1. The van der Waals surface area contributed by atoms with Crippen molar-refractivity contribution in [2.45, 2.75) is 25.4 Å². The Hall–Kier alpha value is -2.50. The first kappa shape index (κ1) is 17.3. The first-order chi connectivity index (χ1) is 11.9. The van der Waals surface area contributed by atoms with Crippen molar-refractivity contribution in [3.63, 3.8) is 0 Å². The van der Waals surface area contributed by atoms with Crippen LogP contribution >= 0.6 is 0 Å². The normalized spacial score (nSPS) is 16.7. The molecule has 0 aliphatic carbocycles. The lowest BCUT2D eigenvalue weighted by molar-refractivity contribution is -0.137. The SMILES string of the molecule is CCOC(=O)c1cccc2c1CC(c1ccc(C(F)(F)F)cc1)CN2. The van der Waals surface area contributed by atoms with Crippen molar-refractivity contribution in [3.8, 4) is 0 Å². The summed E-state index contributed by atoms with van der Waals surface area (Å²) in [5, 5.41) is 3.26. The van der Waals surface area contributed by atoms with Crippen molar-refractivity contribution in [2.24, 2.45) is 0 Å². The quantitative estimate of drug-likeness (QED) is 0.821. The summed E-state index contributed by atoms with van der Waals surface area (Å²) in [6.45, 7) is 2.64. The molecular formula is C19H18F3NO2. The zero-order chi connectivity index (χ0) is 18.0. The van der Waals surface area contributed by atoms with E-state index < -0.39 is 11.7 Å². The minimum absolute atomic E-state index is 0.00893. The molecule has 0 radical (unpaired) electrons. The number of ether oxygens (including phenoxy) is 1. The third-order valence-corrected chi connectivity index (χ3v) is 4.37. The van der Waals surface area contributed by atoms with E-state index in [0.717, 1.165) is 28.9 Å². The van der Waals surface area contributed by atoms with Crippen LogP contribution in [0.1, 0.15) is 39.9 Å². The van der Waals surface area contributed by atoms with E-state index in [1.54, 1.807) is 19.1 Å². The highest BCUT2D eigenvalue weighted by Crippen LogP contribution is 2.35. The van der Waals surface area contributed by atoms with Crippen LogP contribution in [0.4, 0.5) is 18.9 Å². The molecule has 1 heterocycles. The number of esters is 1. The predicted molar refractivity (Wildman–Crippen MR) is 88.8 cm³/mol. The van der Waals surface area contributed by atoms with Crippen LogP contribution in [-0.4, -0.2) is 19.1 Å². The number of halogens is 3. The van der Waals surface area contributed by atoms with E-state index in [-0.39, 0.29) is 18.5 Å². The molecule has 1 N–H and O–H groups in total. The van der Waals surface area contributed by atoms with Crippen molar-refractivity contribution in [3.05, 3.63) is 64.7 Å². The number of carbonyl (C=O) groups excluding carboxylic acids is 1. The van der Waals surface area contributed by atoms with Gasteiger partial charge in [0.05, 0.1) is 17.7 Å². The van der Waals surface area contributed by atoms with Gasteiger partial charge < -0.3 is 10.1 Å². The maximum atomic E-state index is 12.7. The number of fused-ring (bicyclic) bond motifs is 1. The predicted octanol–water partition coefficient (Wildman–Crippen LogP) is 4.63. The fraction of sp³-hybridized carbons (Fsp3) is 0.316. The Labute approximate surface area is 143 Å². The Bertz CT molecular complexity index is 769. The summed E-state index contributed by atoms with van der Waals surface area (Å²) < 4.78 is 43.2. The molecule has 132 valence electrons. The standard InChI is InChI=1S/C19H18F3NO2/c1-2-25-18(24)15-4-3-5-17-16(15)10-13(11-23-17)12-6-8-14(9-7-12)19(20,21)22/h3-9,13,23H,2,10-11H2,1H3. The minimum Gasteiger partial charge on any atom is -0.462 e. The summed E-state index contributed by atoms with van der Waals surface area (Å²) >= 11 is 0. The van der Waals surface area contributed by atoms with Gasteiger partial charge in [-0.05, 0) is 48.7 Å². The Morgan fingerprint density at radius 1 is 1.20 bits per heavy atom. The van der Waals surface area contributed by atoms with Gasteiger partial charge in [-0.15, -0.1) is 0 Å². The number of carbonyl (C=O) groups is 1. The van der Waals surface area contributed by atoms with E-state index >= 15 is 0 Å².